The summed E-state index contributed by atoms with van der Waals surface area (Å²) in [4.78, 5) is 0. The molecule has 1 saturated carbocycles. The highest BCUT2D eigenvalue weighted by atomic mass is 79.9. The third-order valence-electron chi connectivity index (χ3n) is 4.22. The van der Waals surface area contributed by atoms with E-state index < -0.39 is 5.60 Å². The van der Waals surface area contributed by atoms with Crippen LogP contribution in [0.3, 0.4) is 0 Å². The van der Waals surface area contributed by atoms with Gasteiger partial charge in [0.05, 0.1) is 10.1 Å². The van der Waals surface area contributed by atoms with Crippen LogP contribution in [0.15, 0.2) is 22.7 Å². The van der Waals surface area contributed by atoms with Gasteiger partial charge in [0, 0.05) is 12.6 Å². The third-order valence-corrected chi connectivity index (χ3v) is 4.82. The minimum absolute atomic E-state index is 0.0965. The van der Waals surface area contributed by atoms with Gasteiger partial charge >= 0.3 is 0 Å². The number of rotatable bonds is 4. The Morgan fingerprint density at radius 2 is 1.95 bits per heavy atom. The van der Waals surface area contributed by atoms with Gasteiger partial charge in [-0.25, -0.2) is 4.39 Å². The van der Waals surface area contributed by atoms with E-state index in [4.69, 9.17) is 0 Å². The van der Waals surface area contributed by atoms with Crippen LogP contribution in [0.5, 0.6) is 0 Å². The molecule has 112 valence electrons. The van der Waals surface area contributed by atoms with Crippen LogP contribution in [-0.2, 0) is 0 Å². The van der Waals surface area contributed by atoms with Crippen LogP contribution < -0.4 is 5.32 Å². The van der Waals surface area contributed by atoms with Crippen LogP contribution in [0.25, 0.3) is 0 Å². The molecular weight excluding hydrogens is 321 g/mol. The van der Waals surface area contributed by atoms with Gasteiger partial charge in [-0.2, -0.15) is 0 Å². The maximum atomic E-state index is 13.2. The SMILES string of the molecule is CC(NCC1(O)CCCCCC1)c1ccc(F)c(Br)c1. The minimum atomic E-state index is -0.581. The summed E-state index contributed by atoms with van der Waals surface area (Å²) in [5.41, 5.74) is 0.442. The zero-order valence-corrected chi connectivity index (χ0v) is 13.5. The zero-order chi connectivity index (χ0) is 14.6. The van der Waals surface area contributed by atoms with Crippen molar-refractivity contribution in [3.63, 3.8) is 0 Å². The smallest absolute Gasteiger partial charge is 0.137 e. The van der Waals surface area contributed by atoms with E-state index in [1.807, 2.05) is 6.92 Å². The highest BCUT2D eigenvalue weighted by molar-refractivity contribution is 9.10. The molecule has 1 aliphatic carbocycles. The third kappa shape index (κ3) is 4.27. The van der Waals surface area contributed by atoms with Gasteiger partial charge in [0.1, 0.15) is 5.82 Å². The molecule has 0 amide bonds. The standard InChI is InChI=1S/C16H23BrFNO/c1-12(13-6-7-15(18)14(17)10-13)19-11-16(20)8-4-2-3-5-9-16/h6-7,10,12,19-20H,2-5,8-9,11H2,1H3. The van der Waals surface area contributed by atoms with Crippen molar-refractivity contribution in [2.24, 2.45) is 0 Å². The molecule has 1 unspecified atom stereocenters. The second-order valence-corrected chi connectivity index (χ2v) is 6.77. The summed E-state index contributed by atoms with van der Waals surface area (Å²) in [7, 11) is 0. The van der Waals surface area contributed by atoms with Crippen molar-refractivity contribution in [1.82, 2.24) is 5.32 Å². The van der Waals surface area contributed by atoms with E-state index in [2.05, 4.69) is 21.2 Å². The fraction of sp³-hybridized carbons (Fsp3) is 0.625. The molecule has 0 spiro atoms. The Kier molecular flexibility index (Phi) is 5.58. The molecule has 0 radical (unpaired) electrons. The van der Waals surface area contributed by atoms with Crippen LogP contribution in [0.1, 0.15) is 57.1 Å². The van der Waals surface area contributed by atoms with Gasteiger partial charge in [-0.3, -0.25) is 0 Å². The Balaban J connectivity index is 1.93. The highest BCUT2D eigenvalue weighted by Gasteiger charge is 2.28. The lowest BCUT2D eigenvalue weighted by molar-refractivity contribution is 0.0231. The summed E-state index contributed by atoms with van der Waals surface area (Å²) < 4.78 is 13.7. The van der Waals surface area contributed by atoms with Gasteiger partial charge in [-0.1, -0.05) is 31.7 Å². The maximum Gasteiger partial charge on any atom is 0.137 e. The van der Waals surface area contributed by atoms with E-state index in [-0.39, 0.29) is 11.9 Å². The molecule has 2 rings (SSSR count). The van der Waals surface area contributed by atoms with Crippen molar-refractivity contribution in [3.8, 4) is 0 Å². The number of halogens is 2. The van der Waals surface area contributed by atoms with E-state index in [9.17, 15) is 9.50 Å². The molecule has 2 N–H and O–H groups in total. The van der Waals surface area contributed by atoms with Crippen molar-refractivity contribution >= 4 is 15.9 Å². The summed E-state index contributed by atoms with van der Waals surface area (Å²) in [5, 5.41) is 14.0. The van der Waals surface area contributed by atoms with Gasteiger partial charge in [-0.05, 0) is 53.4 Å². The van der Waals surface area contributed by atoms with Crippen molar-refractivity contribution in [1.29, 1.82) is 0 Å². The fourth-order valence-corrected chi connectivity index (χ4v) is 3.20. The van der Waals surface area contributed by atoms with Gasteiger partial charge in [0.15, 0.2) is 0 Å². The second kappa shape index (κ2) is 7.01. The molecule has 1 aromatic rings. The first-order chi connectivity index (χ1) is 9.50. The van der Waals surface area contributed by atoms with E-state index >= 15 is 0 Å². The highest BCUT2D eigenvalue weighted by Crippen LogP contribution is 2.27. The van der Waals surface area contributed by atoms with E-state index in [0.29, 0.717) is 11.0 Å². The van der Waals surface area contributed by atoms with Crippen molar-refractivity contribution < 1.29 is 9.50 Å². The minimum Gasteiger partial charge on any atom is -0.389 e. The van der Waals surface area contributed by atoms with Crippen LogP contribution in [0.2, 0.25) is 0 Å². The molecule has 0 heterocycles. The second-order valence-electron chi connectivity index (χ2n) is 5.91. The number of benzene rings is 1. The summed E-state index contributed by atoms with van der Waals surface area (Å²) in [6.07, 6.45) is 6.41. The van der Waals surface area contributed by atoms with Crippen molar-refractivity contribution in [2.75, 3.05) is 6.54 Å². The molecule has 2 nitrogen and oxygen atoms in total. The normalized spacial score (nSPS) is 20.4. The lowest BCUT2D eigenvalue weighted by Crippen LogP contribution is -2.41. The monoisotopic (exact) mass is 343 g/mol. The zero-order valence-electron chi connectivity index (χ0n) is 12.0. The quantitative estimate of drug-likeness (QED) is 0.797. The fourth-order valence-electron chi connectivity index (χ4n) is 2.81. The van der Waals surface area contributed by atoms with Crippen LogP contribution >= 0.6 is 15.9 Å². The number of aliphatic hydroxyl groups is 1. The molecule has 20 heavy (non-hydrogen) atoms. The van der Waals surface area contributed by atoms with Gasteiger partial charge in [0.25, 0.3) is 0 Å². The van der Waals surface area contributed by atoms with Gasteiger partial charge in [0.2, 0.25) is 0 Å². The van der Waals surface area contributed by atoms with E-state index in [0.717, 1.165) is 31.2 Å². The first-order valence-electron chi connectivity index (χ1n) is 7.41. The van der Waals surface area contributed by atoms with Crippen LogP contribution in [-0.4, -0.2) is 17.3 Å². The molecule has 1 fully saturated rings. The van der Waals surface area contributed by atoms with Crippen LogP contribution in [0.4, 0.5) is 4.39 Å². The molecule has 4 heteroatoms. The van der Waals surface area contributed by atoms with Crippen molar-refractivity contribution in [2.45, 2.75) is 57.1 Å². The Hall–Kier alpha value is -0.450. The molecule has 0 bridgehead atoms. The first kappa shape index (κ1) is 15.9. The van der Waals surface area contributed by atoms with Crippen molar-refractivity contribution in [3.05, 3.63) is 34.1 Å². The molecular formula is C16H23BrFNO. The molecule has 0 aromatic heterocycles. The molecule has 0 aliphatic heterocycles. The maximum absolute atomic E-state index is 13.2. The number of hydrogen-bond donors (Lipinski definition) is 2. The molecule has 1 aliphatic rings. The van der Waals surface area contributed by atoms with Crippen LogP contribution in [0, 0.1) is 5.82 Å². The largest absolute Gasteiger partial charge is 0.389 e. The number of nitrogens with one attached hydrogen (secondary N) is 1. The Labute approximate surface area is 128 Å². The molecule has 1 atom stereocenters. The average Bonchev–Trinajstić information content (AvgIpc) is 2.65. The summed E-state index contributed by atoms with van der Waals surface area (Å²) in [6, 6.07) is 5.15. The Bertz CT molecular complexity index is 444. The average molecular weight is 344 g/mol. The lowest BCUT2D eigenvalue weighted by Gasteiger charge is -2.29. The van der Waals surface area contributed by atoms with Gasteiger partial charge in [-0.15, -0.1) is 0 Å². The Morgan fingerprint density at radius 1 is 1.30 bits per heavy atom. The number of hydrogen-bond acceptors (Lipinski definition) is 2. The summed E-state index contributed by atoms with van der Waals surface area (Å²) in [5.74, 6) is -0.247. The lowest BCUT2D eigenvalue weighted by atomic mass is 9.94. The molecule has 1 aromatic carbocycles. The summed E-state index contributed by atoms with van der Waals surface area (Å²) >= 11 is 3.21. The van der Waals surface area contributed by atoms with E-state index in [1.165, 1.54) is 18.9 Å². The summed E-state index contributed by atoms with van der Waals surface area (Å²) in [6.45, 7) is 2.64. The predicted octanol–water partition coefficient (Wildman–Crippen LogP) is 4.32. The Morgan fingerprint density at radius 3 is 2.55 bits per heavy atom. The predicted molar refractivity (Wildman–Crippen MR) is 83.2 cm³/mol. The van der Waals surface area contributed by atoms with E-state index in [1.54, 1.807) is 12.1 Å². The first-order valence-corrected chi connectivity index (χ1v) is 8.20. The molecule has 0 saturated heterocycles. The topological polar surface area (TPSA) is 32.3 Å². The van der Waals surface area contributed by atoms with Gasteiger partial charge < -0.3 is 10.4 Å².